The molecule has 0 aliphatic carbocycles. The van der Waals surface area contributed by atoms with Crippen LogP contribution in [-0.4, -0.2) is 17.9 Å². The van der Waals surface area contributed by atoms with Gasteiger partial charge in [0.25, 0.3) is 0 Å². The SMILES string of the molecule is C=C/C=C/N/N=C\C(=C\N=C)c1ccc(-c2ccccc2)nc1. The molecule has 0 saturated carbocycles. The highest BCUT2D eigenvalue weighted by molar-refractivity contribution is 6.09. The lowest BCUT2D eigenvalue weighted by Crippen LogP contribution is -1.96. The summed E-state index contributed by atoms with van der Waals surface area (Å²) in [6.07, 6.45) is 10.2. The fraction of sp³-hybridized carbons (Fsp3) is 0. The van der Waals surface area contributed by atoms with Gasteiger partial charge in [-0.25, -0.2) is 0 Å². The molecule has 0 atom stereocenters. The van der Waals surface area contributed by atoms with Crippen LogP contribution in [0.25, 0.3) is 16.8 Å². The Labute approximate surface area is 136 Å². The maximum Gasteiger partial charge on any atom is 0.0702 e. The third kappa shape index (κ3) is 4.89. The van der Waals surface area contributed by atoms with Crippen LogP contribution in [0.4, 0.5) is 0 Å². The minimum atomic E-state index is 0.812. The van der Waals surface area contributed by atoms with Crippen molar-refractivity contribution in [2.75, 3.05) is 0 Å². The normalized spacial score (nSPS) is 11.7. The minimum Gasteiger partial charge on any atom is -0.286 e. The van der Waals surface area contributed by atoms with Gasteiger partial charge in [0, 0.05) is 35.3 Å². The molecule has 1 N–H and O–H groups in total. The molecular weight excluding hydrogens is 284 g/mol. The van der Waals surface area contributed by atoms with E-state index < -0.39 is 0 Å². The van der Waals surface area contributed by atoms with E-state index in [2.05, 4.69) is 33.8 Å². The molecular formula is C19H18N4. The summed E-state index contributed by atoms with van der Waals surface area (Å²) in [7, 11) is 0. The fourth-order valence-electron chi connectivity index (χ4n) is 1.89. The van der Waals surface area contributed by atoms with Crippen molar-refractivity contribution in [3.63, 3.8) is 0 Å². The topological polar surface area (TPSA) is 49.6 Å². The Morgan fingerprint density at radius 2 is 1.96 bits per heavy atom. The van der Waals surface area contributed by atoms with Gasteiger partial charge in [-0.15, -0.1) is 0 Å². The van der Waals surface area contributed by atoms with E-state index in [1.54, 1.807) is 37.0 Å². The van der Waals surface area contributed by atoms with Gasteiger partial charge >= 0.3 is 0 Å². The standard InChI is InChI=1S/C19H18N4/c1-3-4-12-22-23-15-18(13-20-2)17-10-11-19(21-14-17)16-8-6-5-7-9-16/h3-15,22H,1-2H2/b12-4+,18-13-,23-15-. The van der Waals surface area contributed by atoms with Gasteiger partial charge in [0.15, 0.2) is 0 Å². The maximum atomic E-state index is 4.50. The first kappa shape index (κ1) is 16.1. The number of aliphatic imine (C=N–C) groups is 1. The van der Waals surface area contributed by atoms with Crippen molar-refractivity contribution in [1.29, 1.82) is 0 Å². The number of hydrogen-bond acceptors (Lipinski definition) is 4. The summed E-state index contributed by atoms with van der Waals surface area (Å²) in [5.41, 5.74) is 6.50. The van der Waals surface area contributed by atoms with Crippen LogP contribution in [0.1, 0.15) is 5.56 Å². The molecule has 0 fully saturated rings. The van der Waals surface area contributed by atoms with Crippen LogP contribution >= 0.6 is 0 Å². The smallest absolute Gasteiger partial charge is 0.0702 e. The lowest BCUT2D eigenvalue weighted by Gasteiger charge is -2.04. The Hall–Kier alpha value is -3.27. The Balaban J connectivity index is 2.17. The third-order valence-electron chi connectivity index (χ3n) is 2.98. The Kier molecular flexibility index (Phi) is 6.23. The Morgan fingerprint density at radius 1 is 1.13 bits per heavy atom. The van der Waals surface area contributed by atoms with Gasteiger partial charge in [0.05, 0.1) is 11.9 Å². The van der Waals surface area contributed by atoms with Crippen LogP contribution in [0.2, 0.25) is 0 Å². The second kappa shape index (κ2) is 8.89. The molecule has 114 valence electrons. The van der Waals surface area contributed by atoms with Crippen LogP contribution in [0.3, 0.4) is 0 Å². The van der Waals surface area contributed by atoms with Gasteiger partial charge in [-0.05, 0) is 18.9 Å². The summed E-state index contributed by atoms with van der Waals surface area (Å²) in [5.74, 6) is 0. The zero-order valence-electron chi connectivity index (χ0n) is 12.8. The lowest BCUT2D eigenvalue weighted by molar-refractivity contribution is 0.977. The molecule has 4 nitrogen and oxygen atoms in total. The summed E-state index contributed by atoms with van der Waals surface area (Å²) in [6, 6.07) is 14.0. The predicted molar refractivity (Wildman–Crippen MR) is 98.2 cm³/mol. The van der Waals surface area contributed by atoms with Gasteiger partial charge < -0.3 is 0 Å². The molecule has 0 bridgehead atoms. The van der Waals surface area contributed by atoms with Gasteiger partial charge in [-0.2, -0.15) is 5.10 Å². The summed E-state index contributed by atoms with van der Waals surface area (Å²) in [5, 5.41) is 4.09. The second-order valence-corrected chi connectivity index (χ2v) is 4.55. The predicted octanol–water partition coefficient (Wildman–Crippen LogP) is 4.07. The molecule has 4 heteroatoms. The van der Waals surface area contributed by atoms with Crippen molar-refractivity contribution < 1.29 is 0 Å². The zero-order valence-corrected chi connectivity index (χ0v) is 12.8. The van der Waals surface area contributed by atoms with E-state index >= 15 is 0 Å². The van der Waals surface area contributed by atoms with Crippen LogP contribution in [-0.2, 0) is 0 Å². The number of nitrogens with zero attached hydrogens (tertiary/aromatic N) is 3. The van der Waals surface area contributed by atoms with Crippen LogP contribution in [0.15, 0.2) is 89.9 Å². The second-order valence-electron chi connectivity index (χ2n) is 4.55. The molecule has 2 aromatic rings. The lowest BCUT2D eigenvalue weighted by atomic mass is 10.1. The Bertz CT molecular complexity index is 726. The van der Waals surface area contributed by atoms with E-state index in [1.165, 1.54) is 0 Å². The number of benzene rings is 1. The fourth-order valence-corrected chi connectivity index (χ4v) is 1.89. The third-order valence-corrected chi connectivity index (χ3v) is 2.98. The van der Waals surface area contributed by atoms with Crippen molar-refractivity contribution in [3.8, 4) is 11.3 Å². The van der Waals surface area contributed by atoms with E-state index in [-0.39, 0.29) is 0 Å². The molecule has 0 aliphatic heterocycles. The van der Waals surface area contributed by atoms with E-state index in [1.807, 2.05) is 42.5 Å². The highest BCUT2D eigenvalue weighted by Gasteiger charge is 2.02. The number of hydrazone groups is 1. The van der Waals surface area contributed by atoms with Gasteiger partial charge in [0.1, 0.15) is 0 Å². The maximum absolute atomic E-state index is 4.50. The molecule has 1 heterocycles. The highest BCUT2D eigenvalue weighted by atomic mass is 15.3. The monoisotopic (exact) mass is 302 g/mol. The van der Waals surface area contributed by atoms with Gasteiger partial charge in [-0.1, -0.05) is 49.1 Å². The number of hydrogen-bond donors (Lipinski definition) is 1. The largest absolute Gasteiger partial charge is 0.286 e. The molecule has 0 spiro atoms. The average Bonchev–Trinajstić information content (AvgIpc) is 2.61. The van der Waals surface area contributed by atoms with Crippen molar-refractivity contribution in [1.82, 2.24) is 10.4 Å². The number of nitrogens with one attached hydrogen (secondary N) is 1. The molecule has 1 aromatic carbocycles. The average molecular weight is 302 g/mol. The summed E-state index contributed by atoms with van der Waals surface area (Å²) < 4.78 is 0. The molecule has 0 saturated heterocycles. The zero-order chi connectivity index (χ0) is 16.3. The van der Waals surface area contributed by atoms with E-state index in [0.29, 0.717) is 0 Å². The molecule has 0 radical (unpaired) electrons. The quantitative estimate of drug-likeness (QED) is 0.476. The Morgan fingerprint density at radius 3 is 2.61 bits per heavy atom. The molecule has 2 rings (SSSR count). The molecule has 0 unspecified atom stereocenters. The van der Waals surface area contributed by atoms with Crippen molar-refractivity contribution in [3.05, 3.63) is 85.4 Å². The highest BCUT2D eigenvalue weighted by Crippen LogP contribution is 2.19. The number of pyridine rings is 1. The van der Waals surface area contributed by atoms with Crippen LogP contribution in [0, 0.1) is 0 Å². The molecule has 0 aliphatic rings. The van der Waals surface area contributed by atoms with Crippen molar-refractivity contribution >= 4 is 18.5 Å². The summed E-state index contributed by atoms with van der Waals surface area (Å²) in [6.45, 7) is 7.07. The van der Waals surface area contributed by atoms with Gasteiger partial charge in [-0.3, -0.25) is 15.4 Å². The van der Waals surface area contributed by atoms with Gasteiger partial charge in [0.2, 0.25) is 0 Å². The van der Waals surface area contributed by atoms with Crippen molar-refractivity contribution in [2.24, 2.45) is 10.1 Å². The number of rotatable bonds is 7. The van der Waals surface area contributed by atoms with E-state index in [4.69, 9.17) is 0 Å². The van der Waals surface area contributed by atoms with Crippen molar-refractivity contribution in [2.45, 2.75) is 0 Å². The van der Waals surface area contributed by atoms with Crippen LogP contribution in [0.5, 0.6) is 0 Å². The first-order valence-corrected chi connectivity index (χ1v) is 7.09. The minimum absolute atomic E-state index is 0.812. The first-order chi connectivity index (χ1) is 11.3. The molecule has 0 amide bonds. The number of aromatic nitrogens is 1. The first-order valence-electron chi connectivity index (χ1n) is 7.09. The van der Waals surface area contributed by atoms with E-state index in [9.17, 15) is 0 Å². The number of allylic oxidation sites excluding steroid dienone is 3. The summed E-state index contributed by atoms with van der Waals surface area (Å²) >= 11 is 0. The molecule has 1 aromatic heterocycles. The van der Waals surface area contributed by atoms with E-state index in [0.717, 1.165) is 22.4 Å². The van der Waals surface area contributed by atoms with Crippen LogP contribution < -0.4 is 5.43 Å². The summed E-state index contributed by atoms with van der Waals surface area (Å²) in [4.78, 5) is 8.31. The molecule has 23 heavy (non-hydrogen) atoms.